The average Bonchev–Trinajstić information content (AvgIpc) is 2.63. The predicted octanol–water partition coefficient (Wildman–Crippen LogP) is 3.17. The van der Waals surface area contributed by atoms with E-state index >= 15 is 0 Å². The third kappa shape index (κ3) is 5.93. The van der Waals surface area contributed by atoms with E-state index < -0.39 is 48.0 Å². The topological polar surface area (TPSA) is 78.8 Å². The van der Waals surface area contributed by atoms with Gasteiger partial charge in [-0.1, -0.05) is 30.3 Å². The van der Waals surface area contributed by atoms with Gasteiger partial charge in [0.15, 0.2) is 0 Å². The van der Waals surface area contributed by atoms with Crippen LogP contribution < -0.4 is 5.32 Å². The summed E-state index contributed by atoms with van der Waals surface area (Å²) in [6, 6.07) is 10.3. The molecular weight excluding hydrogens is 370 g/mol. The number of rotatable bonds is 6. The maximum Gasteiger partial charge on any atom is 0.416 e. The number of carbonyl (C=O) groups excluding carboxylic acids is 1. The van der Waals surface area contributed by atoms with Crippen LogP contribution in [0.1, 0.15) is 22.8 Å². The highest BCUT2D eigenvalue weighted by atomic mass is 19.4. The van der Waals surface area contributed by atoms with Crippen LogP contribution in [0.4, 0.5) is 22.4 Å². The molecule has 0 aliphatic rings. The Morgan fingerprint density at radius 3 is 2.41 bits per heavy atom. The molecule has 2 aromatic rings. The van der Waals surface area contributed by atoms with Gasteiger partial charge in [0.2, 0.25) is 0 Å². The number of halogens is 4. The molecule has 9 heteroatoms. The molecule has 2 rings (SSSR count). The van der Waals surface area contributed by atoms with Crippen LogP contribution in [0.2, 0.25) is 0 Å². The molecule has 2 unspecified atom stereocenters. The van der Waals surface area contributed by atoms with E-state index in [-0.39, 0.29) is 6.61 Å². The Balaban J connectivity index is 1.95. The molecule has 0 fully saturated rings. The zero-order chi connectivity index (χ0) is 20.0. The van der Waals surface area contributed by atoms with Crippen molar-refractivity contribution in [3.05, 3.63) is 71.0 Å². The van der Waals surface area contributed by atoms with Crippen molar-refractivity contribution in [3.63, 3.8) is 0 Å². The quantitative estimate of drug-likeness (QED) is 0.666. The number of carbonyl (C=O) groups is 1. The van der Waals surface area contributed by atoms with Gasteiger partial charge in [-0.2, -0.15) is 13.2 Å². The van der Waals surface area contributed by atoms with E-state index in [0.717, 1.165) is 0 Å². The number of alkyl halides is 3. The normalized spacial score (nSPS) is 13.7. The van der Waals surface area contributed by atoms with Crippen molar-refractivity contribution in [1.29, 1.82) is 0 Å². The lowest BCUT2D eigenvalue weighted by Gasteiger charge is -2.22. The fourth-order valence-corrected chi connectivity index (χ4v) is 2.32. The van der Waals surface area contributed by atoms with Gasteiger partial charge in [-0.15, -0.1) is 0 Å². The molecular formula is C18H17F4NO4. The summed E-state index contributed by atoms with van der Waals surface area (Å²) in [6.45, 7) is -0.643. The minimum Gasteiger partial charge on any atom is -0.445 e. The molecule has 0 spiro atoms. The van der Waals surface area contributed by atoms with E-state index in [9.17, 15) is 32.6 Å². The van der Waals surface area contributed by atoms with Crippen molar-refractivity contribution < 1.29 is 37.3 Å². The Morgan fingerprint density at radius 1 is 1.11 bits per heavy atom. The second-order valence-corrected chi connectivity index (χ2v) is 5.68. The molecule has 3 N–H and O–H groups in total. The molecule has 0 saturated heterocycles. The van der Waals surface area contributed by atoms with E-state index in [1.807, 2.05) is 0 Å². The first kappa shape index (κ1) is 20.7. The van der Waals surface area contributed by atoms with Crippen LogP contribution in [0.5, 0.6) is 0 Å². The molecule has 2 atom stereocenters. The average molecular weight is 387 g/mol. The van der Waals surface area contributed by atoms with Crippen molar-refractivity contribution >= 4 is 6.09 Å². The number of hydrogen-bond acceptors (Lipinski definition) is 4. The molecule has 0 radical (unpaired) electrons. The van der Waals surface area contributed by atoms with Crippen LogP contribution in [-0.4, -0.2) is 29.0 Å². The fraction of sp³-hybridized carbons (Fsp3) is 0.278. The summed E-state index contributed by atoms with van der Waals surface area (Å²) in [5.41, 5.74) is -1.39. The molecule has 0 aliphatic carbocycles. The highest BCUT2D eigenvalue weighted by Crippen LogP contribution is 2.35. The number of ether oxygens (including phenoxy) is 1. The first-order valence-corrected chi connectivity index (χ1v) is 7.86. The number of aliphatic hydroxyl groups is 2. The van der Waals surface area contributed by atoms with Gasteiger partial charge in [0, 0.05) is 6.54 Å². The van der Waals surface area contributed by atoms with Gasteiger partial charge in [0.05, 0.1) is 5.56 Å². The first-order valence-electron chi connectivity index (χ1n) is 7.86. The third-order valence-corrected chi connectivity index (χ3v) is 3.67. The van der Waals surface area contributed by atoms with Crippen molar-refractivity contribution in [1.82, 2.24) is 5.32 Å². The summed E-state index contributed by atoms with van der Waals surface area (Å²) < 4.78 is 57.1. The second kappa shape index (κ2) is 8.83. The van der Waals surface area contributed by atoms with Crippen LogP contribution in [0.3, 0.4) is 0 Å². The number of amides is 1. The lowest BCUT2D eigenvalue weighted by molar-refractivity contribution is -0.140. The molecule has 5 nitrogen and oxygen atoms in total. The number of benzene rings is 2. The minimum atomic E-state index is -4.84. The number of nitrogens with one attached hydrogen (secondary N) is 1. The number of aliphatic hydroxyl groups excluding tert-OH is 2. The van der Waals surface area contributed by atoms with E-state index in [2.05, 4.69) is 5.32 Å². The molecule has 27 heavy (non-hydrogen) atoms. The van der Waals surface area contributed by atoms with Crippen LogP contribution in [0.25, 0.3) is 0 Å². The van der Waals surface area contributed by atoms with E-state index in [4.69, 9.17) is 4.74 Å². The fourth-order valence-electron chi connectivity index (χ4n) is 2.32. The molecule has 1 amide bonds. The van der Waals surface area contributed by atoms with Gasteiger partial charge < -0.3 is 20.3 Å². The molecule has 0 aliphatic heterocycles. The molecule has 0 saturated carbocycles. The third-order valence-electron chi connectivity index (χ3n) is 3.67. The second-order valence-electron chi connectivity index (χ2n) is 5.68. The monoisotopic (exact) mass is 387 g/mol. The lowest BCUT2D eigenvalue weighted by Crippen LogP contribution is -2.36. The molecule has 0 aromatic heterocycles. The Kier molecular flexibility index (Phi) is 6.75. The SMILES string of the molecule is O=C(NCC(O)C(O)c1cc(F)ccc1C(F)(F)F)OCc1ccccc1. The number of alkyl carbamates (subject to hydrolysis) is 1. The lowest BCUT2D eigenvalue weighted by atomic mass is 9.98. The standard InChI is InChI=1S/C18H17F4NO4/c19-12-6-7-14(18(20,21)22)13(8-12)16(25)15(24)9-23-17(26)27-10-11-4-2-1-3-5-11/h1-8,15-16,24-25H,9-10H2,(H,23,26). The van der Waals surface area contributed by atoms with Gasteiger partial charge in [-0.25, -0.2) is 9.18 Å². The summed E-state index contributed by atoms with van der Waals surface area (Å²) in [5, 5.41) is 22.0. The highest BCUT2D eigenvalue weighted by Gasteiger charge is 2.36. The summed E-state index contributed by atoms with van der Waals surface area (Å²) in [6.07, 6.45) is -9.64. The van der Waals surface area contributed by atoms with Gasteiger partial charge in [-0.3, -0.25) is 0 Å². The van der Waals surface area contributed by atoms with E-state index in [1.54, 1.807) is 30.3 Å². The summed E-state index contributed by atoms with van der Waals surface area (Å²) in [5.74, 6) is -1.00. The molecule has 146 valence electrons. The van der Waals surface area contributed by atoms with E-state index in [0.29, 0.717) is 23.8 Å². The maximum atomic E-state index is 13.3. The summed E-state index contributed by atoms with van der Waals surface area (Å²) in [4.78, 5) is 11.6. The summed E-state index contributed by atoms with van der Waals surface area (Å²) in [7, 11) is 0. The van der Waals surface area contributed by atoms with Crippen LogP contribution >= 0.6 is 0 Å². The Bertz CT molecular complexity index is 768. The van der Waals surface area contributed by atoms with Gasteiger partial charge >= 0.3 is 12.3 Å². The van der Waals surface area contributed by atoms with Gasteiger partial charge in [0.25, 0.3) is 0 Å². The Labute approximate surface area is 152 Å². The molecule has 0 heterocycles. The van der Waals surface area contributed by atoms with Gasteiger partial charge in [0.1, 0.15) is 24.6 Å². The van der Waals surface area contributed by atoms with Crippen molar-refractivity contribution in [2.45, 2.75) is 25.0 Å². The summed E-state index contributed by atoms with van der Waals surface area (Å²) >= 11 is 0. The van der Waals surface area contributed by atoms with Crippen LogP contribution in [0, 0.1) is 5.82 Å². The van der Waals surface area contributed by atoms with Gasteiger partial charge in [-0.05, 0) is 29.3 Å². The van der Waals surface area contributed by atoms with E-state index in [1.165, 1.54) is 0 Å². The number of hydrogen-bond donors (Lipinski definition) is 3. The van der Waals surface area contributed by atoms with Crippen molar-refractivity contribution in [2.75, 3.05) is 6.54 Å². The van der Waals surface area contributed by atoms with Crippen LogP contribution in [-0.2, 0) is 17.5 Å². The zero-order valence-electron chi connectivity index (χ0n) is 13.9. The van der Waals surface area contributed by atoms with Crippen LogP contribution in [0.15, 0.2) is 48.5 Å². The van der Waals surface area contributed by atoms with Crippen molar-refractivity contribution in [3.8, 4) is 0 Å². The highest BCUT2D eigenvalue weighted by molar-refractivity contribution is 5.67. The smallest absolute Gasteiger partial charge is 0.416 e. The minimum absolute atomic E-state index is 0.0482. The molecule has 0 bridgehead atoms. The Hall–Kier alpha value is -2.65. The van der Waals surface area contributed by atoms with Crippen molar-refractivity contribution in [2.24, 2.45) is 0 Å². The zero-order valence-corrected chi connectivity index (χ0v) is 13.9. The maximum absolute atomic E-state index is 13.3. The first-order chi connectivity index (χ1) is 12.7. The predicted molar refractivity (Wildman–Crippen MR) is 87.0 cm³/mol. The molecule has 2 aromatic carbocycles. The largest absolute Gasteiger partial charge is 0.445 e. The Morgan fingerprint density at radius 2 is 1.78 bits per heavy atom.